The Morgan fingerprint density at radius 1 is 1.31 bits per heavy atom. The molecule has 0 radical (unpaired) electrons. The molecule has 158 valence electrons. The number of carbonyl (C=O) groups is 1. The summed E-state index contributed by atoms with van der Waals surface area (Å²) in [6.07, 6.45) is 1.10. The first-order valence-corrected chi connectivity index (χ1v) is 10.5. The van der Waals surface area contributed by atoms with Gasteiger partial charge in [0, 0.05) is 24.4 Å². The molecule has 1 aliphatic rings. The second-order valence-corrected chi connectivity index (χ2v) is 8.77. The smallest absolute Gasteiger partial charge is 0.272 e. The average Bonchev–Trinajstić information content (AvgIpc) is 3.18. The lowest BCUT2D eigenvalue weighted by molar-refractivity contribution is -0.0113. The third-order valence-electron chi connectivity index (χ3n) is 4.45. The van der Waals surface area contributed by atoms with E-state index in [-0.39, 0.29) is 24.2 Å². The highest BCUT2D eigenvalue weighted by Crippen LogP contribution is 2.35. The number of amides is 1. The molecule has 29 heavy (non-hydrogen) atoms. The van der Waals surface area contributed by atoms with Crippen LogP contribution < -0.4 is 10.0 Å². The quantitative estimate of drug-likeness (QED) is 0.516. The summed E-state index contributed by atoms with van der Waals surface area (Å²) in [4.78, 5) is 12.4. The minimum absolute atomic E-state index is 0.0160. The number of hydrogen-bond acceptors (Lipinski definition) is 3. The molecule has 1 amide bonds. The second kappa shape index (κ2) is 7.96. The van der Waals surface area contributed by atoms with E-state index in [1.807, 2.05) is 4.72 Å². The number of aromatic nitrogens is 1. The van der Waals surface area contributed by atoms with Crippen molar-refractivity contribution >= 4 is 33.2 Å². The van der Waals surface area contributed by atoms with Gasteiger partial charge in [-0.2, -0.15) is 0 Å². The third kappa shape index (κ3) is 4.90. The van der Waals surface area contributed by atoms with Crippen LogP contribution in [0.4, 0.5) is 23.2 Å². The van der Waals surface area contributed by atoms with Gasteiger partial charge >= 0.3 is 0 Å². The molecular formula is C17H16ClF4N3O3S. The van der Waals surface area contributed by atoms with Crippen molar-refractivity contribution < 1.29 is 30.8 Å². The molecule has 2 aromatic rings. The number of nitrogens with one attached hydrogen (secondary N) is 2. The summed E-state index contributed by atoms with van der Waals surface area (Å²) in [7, 11) is -4.18. The Morgan fingerprint density at radius 2 is 2.03 bits per heavy atom. The largest absolute Gasteiger partial charge is 0.327 e. The number of alkyl halides is 2. The van der Waals surface area contributed by atoms with Gasteiger partial charge in [0.05, 0.1) is 11.1 Å². The van der Waals surface area contributed by atoms with Crippen LogP contribution in [0.15, 0.2) is 30.5 Å². The molecule has 1 fully saturated rings. The first-order valence-electron chi connectivity index (χ1n) is 8.47. The van der Waals surface area contributed by atoms with E-state index in [0.717, 1.165) is 10.6 Å². The highest BCUT2D eigenvalue weighted by molar-refractivity contribution is 7.88. The van der Waals surface area contributed by atoms with Crippen LogP contribution in [0, 0.1) is 11.6 Å². The Bertz CT molecular complexity index is 1020. The maximum Gasteiger partial charge on any atom is 0.272 e. The van der Waals surface area contributed by atoms with Crippen LogP contribution in [0.1, 0.15) is 29.8 Å². The monoisotopic (exact) mass is 453 g/mol. The minimum Gasteiger partial charge on any atom is -0.327 e. The van der Waals surface area contributed by atoms with Crippen LogP contribution in [-0.4, -0.2) is 30.9 Å². The fourth-order valence-corrected chi connectivity index (χ4v) is 4.66. The van der Waals surface area contributed by atoms with E-state index < -0.39 is 56.8 Å². The summed E-state index contributed by atoms with van der Waals surface area (Å²) >= 11 is 5.53. The van der Waals surface area contributed by atoms with Gasteiger partial charge in [0.25, 0.3) is 11.8 Å². The van der Waals surface area contributed by atoms with E-state index >= 15 is 0 Å². The highest BCUT2D eigenvalue weighted by atomic mass is 35.5. The second-order valence-electron chi connectivity index (χ2n) is 6.64. The molecule has 0 saturated heterocycles. The predicted octanol–water partition coefficient (Wildman–Crippen LogP) is 3.74. The summed E-state index contributed by atoms with van der Waals surface area (Å²) in [6.45, 7) is 0. The van der Waals surface area contributed by atoms with E-state index in [2.05, 4.69) is 5.32 Å². The van der Waals surface area contributed by atoms with Crippen molar-refractivity contribution in [3.05, 3.63) is 52.8 Å². The zero-order valence-electron chi connectivity index (χ0n) is 14.8. The van der Waals surface area contributed by atoms with E-state index in [0.29, 0.717) is 6.07 Å². The number of anilines is 1. The van der Waals surface area contributed by atoms with E-state index in [1.54, 1.807) is 0 Å². The number of sulfonamides is 1. The number of rotatable bonds is 6. The third-order valence-corrected chi connectivity index (χ3v) is 5.98. The Labute approximate surface area is 168 Å². The first-order chi connectivity index (χ1) is 13.5. The van der Waals surface area contributed by atoms with E-state index in [4.69, 9.17) is 11.6 Å². The maximum atomic E-state index is 13.7. The maximum absolute atomic E-state index is 13.7. The van der Waals surface area contributed by atoms with E-state index in [1.165, 1.54) is 18.3 Å². The van der Waals surface area contributed by atoms with Crippen molar-refractivity contribution in [1.29, 1.82) is 0 Å². The number of nitrogens with zero attached hydrogens (tertiary/aromatic N) is 1. The van der Waals surface area contributed by atoms with Crippen LogP contribution in [0.5, 0.6) is 0 Å². The summed E-state index contributed by atoms with van der Waals surface area (Å²) in [6, 6.07) is 2.88. The topological polar surface area (TPSA) is 80.2 Å². The highest BCUT2D eigenvalue weighted by Gasteiger charge is 2.45. The molecule has 1 saturated carbocycles. The van der Waals surface area contributed by atoms with Gasteiger partial charge in [0.1, 0.15) is 11.6 Å². The zero-order chi connectivity index (χ0) is 21.4. The van der Waals surface area contributed by atoms with Crippen LogP contribution in [0.3, 0.4) is 0 Å². The van der Waals surface area contributed by atoms with Crippen molar-refractivity contribution in [1.82, 2.24) is 9.29 Å². The SMILES string of the molecule is O=C(Nc1cc(F)c(F)c(Cl)c1)c1cccn1CS(=O)(=O)NC1CCCC1(F)F. The van der Waals surface area contributed by atoms with Gasteiger partial charge in [0.15, 0.2) is 11.6 Å². The molecule has 1 atom stereocenters. The fourth-order valence-electron chi connectivity index (χ4n) is 3.07. The standard InChI is InChI=1S/C17H16ClF4N3O3S/c18-11-7-10(8-12(19)15(11)20)23-16(26)13-3-2-6-25(13)9-29(27,28)24-14-4-1-5-17(14,21)22/h2-3,6-8,14,24H,1,4-5,9H2,(H,23,26). The van der Waals surface area contributed by atoms with Crippen molar-refractivity contribution in [2.75, 3.05) is 5.32 Å². The lowest BCUT2D eigenvalue weighted by atomic mass is 10.2. The fraction of sp³-hybridized carbons (Fsp3) is 0.353. The summed E-state index contributed by atoms with van der Waals surface area (Å²) < 4.78 is 81.7. The molecule has 2 N–H and O–H groups in total. The predicted molar refractivity (Wildman–Crippen MR) is 98.4 cm³/mol. The van der Waals surface area contributed by atoms with Crippen LogP contribution in [0.2, 0.25) is 5.02 Å². The average molecular weight is 454 g/mol. The molecule has 1 aromatic heterocycles. The van der Waals surface area contributed by atoms with Gasteiger partial charge in [-0.3, -0.25) is 4.79 Å². The Hall–Kier alpha value is -2.11. The van der Waals surface area contributed by atoms with Gasteiger partial charge in [-0.15, -0.1) is 0 Å². The number of carbonyl (C=O) groups excluding carboxylic acids is 1. The molecule has 0 spiro atoms. The normalized spacial score (nSPS) is 18.7. The van der Waals surface area contributed by atoms with Gasteiger partial charge in [-0.1, -0.05) is 11.6 Å². The van der Waals surface area contributed by atoms with Crippen molar-refractivity contribution in [2.45, 2.75) is 37.1 Å². The summed E-state index contributed by atoms with van der Waals surface area (Å²) in [5, 5.41) is 1.74. The minimum atomic E-state index is -4.18. The van der Waals surface area contributed by atoms with Crippen LogP contribution in [0.25, 0.3) is 0 Å². The molecule has 3 rings (SSSR count). The van der Waals surface area contributed by atoms with Crippen LogP contribution in [-0.2, 0) is 15.9 Å². The molecule has 1 unspecified atom stereocenters. The summed E-state index contributed by atoms with van der Waals surface area (Å²) in [5.41, 5.74) is -0.271. The molecule has 1 aromatic carbocycles. The van der Waals surface area contributed by atoms with Gasteiger partial charge in [-0.05, 0) is 31.0 Å². The van der Waals surface area contributed by atoms with Crippen LogP contribution >= 0.6 is 11.6 Å². The number of benzene rings is 1. The van der Waals surface area contributed by atoms with Crippen molar-refractivity contribution in [3.8, 4) is 0 Å². The van der Waals surface area contributed by atoms with Crippen molar-refractivity contribution in [3.63, 3.8) is 0 Å². The van der Waals surface area contributed by atoms with Gasteiger partial charge in [0.2, 0.25) is 10.0 Å². The van der Waals surface area contributed by atoms with Crippen molar-refractivity contribution in [2.24, 2.45) is 0 Å². The number of hydrogen-bond donors (Lipinski definition) is 2. The first kappa shape index (κ1) is 21.6. The Morgan fingerprint density at radius 3 is 2.66 bits per heavy atom. The van der Waals surface area contributed by atoms with Gasteiger partial charge in [-0.25, -0.2) is 30.7 Å². The lowest BCUT2D eigenvalue weighted by Gasteiger charge is -2.20. The lowest BCUT2D eigenvalue weighted by Crippen LogP contribution is -2.44. The zero-order valence-corrected chi connectivity index (χ0v) is 16.3. The van der Waals surface area contributed by atoms with E-state index in [9.17, 15) is 30.8 Å². The molecule has 6 nitrogen and oxygen atoms in total. The summed E-state index contributed by atoms with van der Waals surface area (Å²) in [5.74, 6) is -7.26. The Kier molecular flexibility index (Phi) is 5.93. The molecule has 1 aliphatic carbocycles. The molecule has 12 heteroatoms. The number of halogens is 5. The molecular weight excluding hydrogens is 438 g/mol. The molecule has 1 heterocycles. The van der Waals surface area contributed by atoms with Gasteiger partial charge < -0.3 is 9.88 Å². The Balaban J connectivity index is 1.74. The molecule has 0 bridgehead atoms. The molecule has 0 aliphatic heterocycles.